The largest absolute Gasteiger partial charge is 0.465 e. The molecule has 1 saturated heterocycles. The number of carbonyl (C=O) groups excluding carboxylic acids is 3. The molecule has 0 aromatic carbocycles. The predicted molar refractivity (Wildman–Crippen MR) is 110 cm³/mol. The zero-order chi connectivity index (χ0) is 23.7. The molecule has 1 heterocycles. The second-order valence-corrected chi connectivity index (χ2v) is 8.56. The van der Waals surface area contributed by atoms with E-state index in [4.69, 9.17) is 10.4 Å². The third-order valence-electron chi connectivity index (χ3n) is 5.11. The highest BCUT2D eigenvalue weighted by atomic mass is 16.4. The van der Waals surface area contributed by atoms with Gasteiger partial charge in [-0.1, -0.05) is 27.7 Å². The van der Waals surface area contributed by atoms with Crippen molar-refractivity contribution < 1.29 is 29.4 Å². The molecule has 0 bridgehead atoms. The van der Waals surface area contributed by atoms with Gasteiger partial charge in [-0.05, 0) is 31.1 Å². The number of carboxylic acid groups (broad SMARTS) is 1. The third-order valence-corrected chi connectivity index (χ3v) is 5.11. The number of rotatable bonds is 11. The van der Waals surface area contributed by atoms with Crippen LogP contribution in [0.3, 0.4) is 0 Å². The summed E-state index contributed by atoms with van der Waals surface area (Å²) in [6.07, 6.45) is -2.00. The Balaban J connectivity index is 2.95. The molecule has 4 unspecified atom stereocenters. The molecule has 0 aromatic heterocycles. The van der Waals surface area contributed by atoms with E-state index < -0.39 is 48.1 Å². The van der Waals surface area contributed by atoms with Crippen LogP contribution in [0.15, 0.2) is 0 Å². The minimum absolute atomic E-state index is 0.0148. The van der Waals surface area contributed by atoms with E-state index in [0.717, 1.165) is 0 Å². The predicted octanol–water partition coefficient (Wildman–Crippen LogP) is -0.295. The molecule has 0 radical (unpaired) electrons. The van der Waals surface area contributed by atoms with Crippen LogP contribution in [0.25, 0.3) is 0 Å². The number of nitrogens with zero attached hydrogens (tertiary/aromatic N) is 1. The molecule has 0 saturated carbocycles. The molecule has 1 aliphatic heterocycles. The number of nitriles is 1. The minimum Gasteiger partial charge on any atom is -0.465 e. The van der Waals surface area contributed by atoms with Crippen molar-refractivity contribution in [3.8, 4) is 6.07 Å². The summed E-state index contributed by atoms with van der Waals surface area (Å²) < 4.78 is 0. The van der Waals surface area contributed by atoms with Crippen molar-refractivity contribution in [2.24, 2.45) is 17.8 Å². The van der Waals surface area contributed by atoms with E-state index in [2.05, 4.69) is 21.3 Å². The van der Waals surface area contributed by atoms with Crippen LogP contribution in [0.4, 0.5) is 4.79 Å². The van der Waals surface area contributed by atoms with E-state index >= 15 is 0 Å². The van der Waals surface area contributed by atoms with Gasteiger partial charge >= 0.3 is 6.09 Å². The van der Waals surface area contributed by atoms with E-state index in [-0.39, 0.29) is 30.6 Å². The topological polar surface area (TPSA) is 181 Å². The average molecular weight is 440 g/mol. The smallest absolute Gasteiger partial charge is 0.405 e. The summed E-state index contributed by atoms with van der Waals surface area (Å²) in [6.45, 7) is 7.54. The van der Waals surface area contributed by atoms with Crippen molar-refractivity contribution in [3.63, 3.8) is 0 Å². The summed E-state index contributed by atoms with van der Waals surface area (Å²) in [5.74, 6) is -2.23. The Morgan fingerprint density at radius 3 is 2.26 bits per heavy atom. The average Bonchev–Trinajstić information content (AvgIpc) is 3.07. The summed E-state index contributed by atoms with van der Waals surface area (Å²) in [6, 6.07) is -1.37. The molecule has 4 amide bonds. The van der Waals surface area contributed by atoms with Crippen LogP contribution in [-0.4, -0.2) is 64.8 Å². The van der Waals surface area contributed by atoms with Gasteiger partial charge in [0.05, 0.1) is 12.1 Å². The lowest BCUT2D eigenvalue weighted by molar-refractivity contribution is -0.131. The van der Waals surface area contributed by atoms with Crippen LogP contribution in [0.1, 0.15) is 47.0 Å². The maximum absolute atomic E-state index is 12.9. The molecular weight excluding hydrogens is 406 g/mol. The molecule has 11 nitrogen and oxygen atoms in total. The van der Waals surface area contributed by atoms with Gasteiger partial charge in [-0.3, -0.25) is 14.4 Å². The summed E-state index contributed by atoms with van der Waals surface area (Å²) in [7, 11) is 0. The fourth-order valence-corrected chi connectivity index (χ4v) is 3.45. The maximum Gasteiger partial charge on any atom is 0.405 e. The van der Waals surface area contributed by atoms with Gasteiger partial charge in [0.1, 0.15) is 12.1 Å². The number of aliphatic hydroxyl groups excluding tert-OH is 1. The first-order valence-electron chi connectivity index (χ1n) is 10.4. The van der Waals surface area contributed by atoms with E-state index in [1.807, 2.05) is 13.8 Å². The number of hydrogen-bond donors (Lipinski definition) is 6. The van der Waals surface area contributed by atoms with Gasteiger partial charge in [-0.25, -0.2) is 4.79 Å². The Bertz CT molecular complexity index is 705. The van der Waals surface area contributed by atoms with Gasteiger partial charge in [-0.15, -0.1) is 0 Å². The highest BCUT2D eigenvalue weighted by molar-refractivity contribution is 5.91. The van der Waals surface area contributed by atoms with E-state index in [0.29, 0.717) is 13.0 Å². The molecular formula is C20H33N5O6. The molecule has 1 aliphatic rings. The zero-order valence-electron chi connectivity index (χ0n) is 18.3. The standard InChI is InChI=1S/C20H33N5O6/c1-10(2)7-14(24-19(29)16(11(3)4)25-20(30)31)18(28)23-13(15(26)9-21)8-12-5-6-22-17(12)27/h10-16,25-26H,5-8H2,1-4H3,(H,22,27)(H,23,28)(H,24,29)(H,30,31)/t12-,13?,14?,15?,16?/m0/s1. The molecule has 1 fully saturated rings. The number of amides is 4. The van der Waals surface area contributed by atoms with E-state index in [1.54, 1.807) is 19.9 Å². The first-order chi connectivity index (χ1) is 14.5. The molecule has 0 aromatic rings. The Kier molecular flexibility index (Phi) is 10.2. The van der Waals surface area contributed by atoms with Crippen LogP contribution < -0.4 is 21.3 Å². The van der Waals surface area contributed by atoms with Crippen LogP contribution in [0.5, 0.6) is 0 Å². The maximum atomic E-state index is 12.9. The Morgan fingerprint density at radius 1 is 1.16 bits per heavy atom. The van der Waals surface area contributed by atoms with Crippen LogP contribution in [0.2, 0.25) is 0 Å². The molecule has 0 spiro atoms. The number of aliphatic hydroxyl groups is 1. The molecule has 31 heavy (non-hydrogen) atoms. The molecule has 11 heteroatoms. The second-order valence-electron chi connectivity index (χ2n) is 8.56. The van der Waals surface area contributed by atoms with Gasteiger partial charge in [-0.2, -0.15) is 5.26 Å². The van der Waals surface area contributed by atoms with Crippen molar-refractivity contribution in [3.05, 3.63) is 0 Å². The summed E-state index contributed by atoms with van der Waals surface area (Å²) in [5, 5.41) is 38.1. The van der Waals surface area contributed by atoms with E-state index in [1.165, 1.54) is 0 Å². The fourth-order valence-electron chi connectivity index (χ4n) is 3.45. The summed E-state index contributed by atoms with van der Waals surface area (Å²) in [5.41, 5.74) is 0. The SMILES string of the molecule is CC(C)CC(NC(=O)C(NC(=O)O)C(C)C)C(=O)NC(C[C@@H]1CCNC1=O)C(O)C#N. The Morgan fingerprint density at radius 2 is 1.81 bits per heavy atom. The van der Waals surface area contributed by atoms with Crippen molar-refractivity contribution in [1.29, 1.82) is 5.26 Å². The Labute approximate surface area is 181 Å². The van der Waals surface area contributed by atoms with Gasteiger partial charge in [0.2, 0.25) is 17.7 Å². The minimum atomic E-state index is -1.52. The van der Waals surface area contributed by atoms with Crippen molar-refractivity contribution in [2.45, 2.75) is 71.2 Å². The molecule has 0 aliphatic carbocycles. The first kappa shape index (κ1) is 26.2. The normalized spacial score (nSPS) is 19.7. The summed E-state index contributed by atoms with van der Waals surface area (Å²) in [4.78, 5) is 48.4. The van der Waals surface area contributed by atoms with E-state index in [9.17, 15) is 24.3 Å². The van der Waals surface area contributed by atoms with Crippen LogP contribution >= 0.6 is 0 Å². The van der Waals surface area contributed by atoms with Gasteiger partial charge in [0.25, 0.3) is 0 Å². The van der Waals surface area contributed by atoms with Gasteiger partial charge in [0.15, 0.2) is 6.10 Å². The number of nitrogens with one attached hydrogen (secondary N) is 4. The molecule has 5 atom stereocenters. The lowest BCUT2D eigenvalue weighted by Crippen LogP contribution is -2.57. The molecule has 1 rings (SSSR count). The van der Waals surface area contributed by atoms with Crippen LogP contribution in [0, 0.1) is 29.1 Å². The zero-order valence-corrected chi connectivity index (χ0v) is 18.3. The monoisotopic (exact) mass is 439 g/mol. The first-order valence-corrected chi connectivity index (χ1v) is 10.4. The second kappa shape index (κ2) is 12.1. The fraction of sp³-hybridized carbons (Fsp3) is 0.750. The Hall–Kier alpha value is -2.87. The highest BCUT2D eigenvalue weighted by Crippen LogP contribution is 2.18. The quantitative estimate of drug-likeness (QED) is 0.239. The van der Waals surface area contributed by atoms with Crippen molar-refractivity contribution >= 4 is 23.8 Å². The number of hydrogen-bond acceptors (Lipinski definition) is 6. The summed E-state index contributed by atoms with van der Waals surface area (Å²) >= 11 is 0. The van der Waals surface area contributed by atoms with Crippen LogP contribution in [-0.2, 0) is 14.4 Å². The van der Waals surface area contributed by atoms with Crippen molar-refractivity contribution in [2.75, 3.05) is 6.54 Å². The van der Waals surface area contributed by atoms with Gasteiger partial charge in [0, 0.05) is 12.5 Å². The molecule has 174 valence electrons. The van der Waals surface area contributed by atoms with Gasteiger partial charge < -0.3 is 31.5 Å². The lowest BCUT2D eigenvalue weighted by Gasteiger charge is -2.28. The highest BCUT2D eigenvalue weighted by Gasteiger charge is 2.34. The lowest BCUT2D eigenvalue weighted by atomic mass is 9.94. The number of carbonyl (C=O) groups is 4. The third kappa shape index (κ3) is 8.41. The van der Waals surface area contributed by atoms with Crippen molar-refractivity contribution in [1.82, 2.24) is 21.3 Å². The molecule has 6 N–H and O–H groups in total.